The topological polar surface area (TPSA) is 29.1 Å². The molecule has 0 heterocycles. The van der Waals surface area contributed by atoms with E-state index in [1.54, 1.807) is 0 Å². The molecule has 0 bridgehead atoms. The number of hydrogen-bond donors (Lipinski definition) is 2. The van der Waals surface area contributed by atoms with Crippen LogP contribution in [0, 0.1) is 5.92 Å². The molecular weight excluding hydrogens is 134 g/mol. The Kier molecular flexibility index (Phi) is 6.09. The normalized spacial score (nSPS) is 13.1. The van der Waals surface area contributed by atoms with E-state index in [9.17, 15) is 4.79 Å². The highest BCUT2D eigenvalue weighted by Gasteiger charge is 2.02. The molecule has 54 valence electrons. The van der Waals surface area contributed by atoms with Gasteiger partial charge in [-0.15, -0.1) is 0 Å². The van der Waals surface area contributed by atoms with Gasteiger partial charge in [0.1, 0.15) is 6.29 Å². The zero-order chi connectivity index (χ0) is 7.11. The van der Waals surface area contributed by atoms with Crippen molar-refractivity contribution in [1.82, 2.24) is 5.32 Å². The maximum atomic E-state index is 9.99. The number of carbonyl (C=O) groups excluding carboxylic acids is 1. The van der Waals surface area contributed by atoms with Crippen molar-refractivity contribution in [1.29, 1.82) is 0 Å². The van der Waals surface area contributed by atoms with E-state index in [1.165, 1.54) is 0 Å². The van der Waals surface area contributed by atoms with Crippen LogP contribution in [0.1, 0.15) is 6.42 Å². The van der Waals surface area contributed by atoms with Gasteiger partial charge < -0.3 is 10.1 Å². The number of carbonyl (C=O) groups is 1. The van der Waals surface area contributed by atoms with Gasteiger partial charge in [-0.25, -0.2) is 0 Å². The third-order valence-corrected chi connectivity index (χ3v) is 1.70. The molecule has 0 aliphatic carbocycles. The Morgan fingerprint density at radius 2 is 2.44 bits per heavy atom. The van der Waals surface area contributed by atoms with Crippen LogP contribution in [0.25, 0.3) is 0 Å². The van der Waals surface area contributed by atoms with Gasteiger partial charge >= 0.3 is 0 Å². The molecule has 0 saturated carbocycles. The Morgan fingerprint density at radius 3 is 2.78 bits per heavy atom. The van der Waals surface area contributed by atoms with Gasteiger partial charge in [-0.05, 0) is 25.3 Å². The van der Waals surface area contributed by atoms with Crippen molar-refractivity contribution in [2.75, 3.05) is 19.3 Å². The minimum absolute atomic E-state index is 0.399. The average molecular weight is 147 g/mol. The Labute approximate surface area is 61.4 Å². The minimum Gasteiger partial charge on any atom is -0.319 e. The van der Waals surface area contributed by atoms with Crippen LogP contribution < -0.4 is 5.32 Å². The molecular formula is C6H13NOS. The fourth-order valence-electron chi connectivity index (χ4n) is 0.647. The van der Waals surface area contributed by atoms with Crippen molar-refractivity contribution in [3.8, 4) is 0 Å². The number of thiol groups is 1. The summed E-state index contributed by atoms with van der Waals surface area (Å²) in [5.74, 6) is 1.18. The number of hydrogen-bond acceptors (Lipinski definition) is 3. The Balaban J connectivity index is 3.28. The molecule has 0 spiro atoms. The van der Waals surface area contributed by atoms with E-state index < -0.39 is 0 Å². The summed E-state index contributed by atoms with van der Waals surface area (Å²) in [7, 11) is 1.88. The Bertz CT molecular complexity index is 77.5. The molecule has 0 rings (SSSR count). The summed E-state index contributed by atoms with van der Waals surface area (Å²) in [5, 5.41) is 3.00. The lowest BCUT2D eigenvalue weighted by Crippen LogP contribution is -2.20. The van der Waals surface area contributed by atoms with Gasteiger partial charge in [-0.3, -0.25) is 0 Å². The summed E-state index contributed by atoms with van der Waals surface area (Å²) < 4.78 is 0. The second-order valence-corrected chi connectivity index (χ2v) is 2.37. The van der Waals surface area contributed by atoms with E-state index in [4.69, 9.17) is 0 Å². The molecule has 0 aromatic rings. The van der Waals surface area contributed by atoms with Gasteiger partial charge in [-0.1, -0.05) is 0 Å². The van der Waals surface area contributed by atoms with Gasteiger partial charge in [-0.2, -0.15) is 12.6 Å². The summed E-state index contributed by atoms with van der Waals surface area (Å²) in [6, 6.07) is 0. The van der Waals surface area contributed by atoms with E-state index >= 15 is 0 Å². The summed E-state index contributed by atoms with van der Waals surface area (Å²) >= 11 is 4.08. The summed E-state index contributed by atoms with van der Waals surface area (Å²) in [6.07, 6.45) is 1.56. The van der Waals surface area contributed by atoms with Crippen LogP contribution in [0.2, 0.25) is 0 Å². The van der Waals surface area contributed by atoms with Gasteiger partial charge in [0.15, 0.2) is 0 Å². The molecule has 0 saturated heterocycles. The van der Waals surface area contributed by atoms with Gasteiger partial charge in [0.2, 0.25) is 0 Å². The standard InChI is InChI=1S/C6H13NOS/c1-7-4-6(5-9)2-3-8/h3,6-7,9H,2,4-5H2,1H3. The molecule has 0 aromatic heterocycles. The highest BCUT2D eigenvalue weighted by atomic mass is 32.1. The van der Waals surface area contributed by atoms with E-state index in [2.05, 4.69) is 17.9 Å². The number of nitrogens with one attached hydrogen (secondary N) is 1. The zero-order valence-corrected chi connectivity index (χ0v) is 6.53. The van der Waals surface area contributed by atoms with Crippen LogP contribution in [0.5, 0.6) is 0 Å². The van der Waals surface area contributed by atoms with Crippen LogP contribution in [0.15, 0.2) is 0 Å². The van der Waals surface area contributed by atoms with Crippen molar-refractivity contribution in [2.45, 2.75) is 6.42 Å². The van der Waals surface area contributed by atoms with E-state index in [1.807, 2.05) is 7.05 Å². The van der Waals surface area contributed by atoms with Crippen LogP contribution >= 0.6 is 12.6 Å². The predicted octanol–water partition coefficient (Wildman–Crippen LogP) is 0.341. The first-order valence-corrected chi connectivity index (χ1v) is 3.67. The molecule has 3 heteroatoms. The molecule has 1 N–H and O–H groups in total. The average Bonchev–Trinajstić information content (AvgIpc) is 1.88. The van der Waals surface area contributed by atoms with Crippen LogP contribution in [0.3, 0.4) is 0 Å². The minimum atomic E-state index is 0.399. The number of aldehydes is 1. The van der Waals surface area contributed by atoms with Crippen molar-refractivity contribution >= 4 is 18.9 Å². The molecule has 2 nitrogen and oxygen atoms in total. The predicted molar refractivity (Wildman–Crippen MR) is 42.0 cm³/mol. The quantitative estimate of drug-likeness (QED) is 0.434. The van der Waals surface area contributed by atoms with Crippen molar-refractivity contribution < 1.29 is 4.79 Å². The first-order valence-electron chi connectivity index (χ1n) is 3.04. The summed E-state index contributed by atoms with van der Waals surface area (Å²) in [6.45, 7) is 0.877. The van der Waals surface area contributed by atoms with Crippen LogP contribution in [-0.4, -0.2) is 25.6 Å². The molecule has 0 aliphatic heterocycles. The maximum absolute atomic E-state index is 9.99. The van der Waals surface area contributed by atoms with Crippen molar-refractivity contribution in [3.05, 3.63) is 0 Å². The van der Waals surface area contributed by atoms with Gasteiger partial charge in [0.05, 0.1) is 0 Å². The molecule has 0 amide bonds. The van der Waals surface area contributed by atoms with E-state index in [-0.39, 0.29) is 0 Å². The second-order valence-electron chi connectivity index (χ2n) is 2.01. The third kappa shape index (κ3) is 4.48. The zero-order valence-electron chi connectivity index (χ0n) is 5.63. The van der Waals surface area contributed by atoms with E-state index in [0.29, 0.717) is 12.3 Å². The monoisotopic (exact) mass is 147 g/mol. The molecule has 0 fully saturated rings. The molecule has 1 atom stereocenters. The van der Waals surface area contributed by atoms with Crippen LogP contribution in [0.4, 0.5) is 0 Å². The molecule has 0 aliphatic rings. The fourth-order valence-corrected chi connectivity index (χ4v) is 0.925. The third-order valence-electron chi connectivity index (χ3n) is 1.18. The molecule has 9 heavy (non-hydrogen) atoms. The summed E-state index contributed by atoms with van der Waals surface area (Å²) in [4.78, 5) is 9.99. The smallest absolute Gasteiger partial charge is 0.120 e. The summed E-state index contributed by atoms with van der Waals surface area (Å²) in [5.41, 5.74) is 0. The first kappa shape index (κ1) is 8.98. The molecule has 1 unspecified atom stereocenters. The first-order chi connectivity index (χ1) is 4.35. The van der Waals surface area contributed by atoms with Crippen molar-refractivity contribution in [2.24, 2.45) is 5.92 Å². The Morgan fingerprint density at radius 1 is 1.78 bits per heavy atom. The fraction of sp³-hybridized carbons (Fsp3) is 0.833. The lowest BCUT2D eigenvalue weighted by Gasteiger charge is -2.08. The highest BCUT2D eigenvalue weighted by molar-refractivity contribution is 7.80. The molecule has 0 aromatic carbocycles. The lowest BCUT2D eigenvalue weighted by molar-refractivity contribution is -0.108. The van der Waals surface area contributed by atoms with E-state index in [0.717, 1.165) is 18.6 Å². The van der Waals surface area contributed by atoms with Gasteiger partial charge in [0, 0.05) is 6.42 Å². The molecule has 0 radical (unpaired) electrons. The Hall–Kier alpha value is -0.0200. The highest BCUT2D eigenvalue weighted by Crippen LogP contribution is 2.00. The van der Waals surface area contributed by atoms with Crippen LogP contribution in [-0.2, 0) is 4.79 Å². The maximum Gasteiger partial charge on any atom is 0.120 e. The largest absolute Gasteiger partial charge is 0.319 e. The second kappa shape index (κ2) is 6.11. The SMILES string of the molecule is CNCC(CS)CC=O. The van der Waals surface area contributed by atoms with Gasteiger partial charge in [0.25, 0.3) is 0 Å². The lowest BCUT2D eigenvalue weighted by atomic mass is 10.1. The van der Waals surface area contributed by atoms with Crippen molar-refractivity contribution in [3.63, 3.8) is 0 Å². The number of rotatable bonds is 5.